The maximum Gasteiger partial charge on any atom is 0.293 e. The van der Waals surface area contributed by atoms with Crippen LogP contribution in [-0.4, -0.2) is 16.8 Å². The zero-order valence-corrected chi connectivity index (χ0v) is 12.5. The number of nitro benzene ring substituents is 1. The van der Waals surface area contributed by atoms with E-state index in [0.29, 0.717) is 11.1 Å². The maximum absolute atomic E-state index is 12.3. The van der Waals surface area contributed by atoms with Gasteiger partial charge in [0.05, 0.1) is 10.9 Å². The van der Waals surface area contributed by atoms with Crippen LogP contribution >= 0.6 is 0 Å². The van der Waals surface area contributed by atoms with E-state index in [1.165, 1.54) is 30.3 Å². The number of aryl methyl sites for hydroxylation is 2. The topological polar surface area (TPSA) is 112 Å². The molecule has 118 valence electrons. The predicted octanol–water partition coefficient (Wildman–Crippen LogP) is 1.83. The van der Waals surface area contributed by atoms with E-state index in [0.717, 1.165) is 0 Å². The van der Waals surface area contributed by atoms with Crippen LogP contribution in [0.25, 0.3) is 0 Å². The van der Waals surface area contributed by atoms with Gasteiger partial charge in [-0.3, -0.25) is 14.9 Å². The summed E-state index contributed by atoms with van der Waals surface area (Å²) in [5, 5.41) is 24.7. The number of carboxylic acids is 1. The van der Waals surface area contributed by atoms with Gasteiger partial charge < -0.3 is 15.2 Å². The summed E-state index contributed by atoms with van der Waals surface area (Å²) in [5.74, 6) is -2.24. The normalized spacial score (nSPS) is 10.2. The van der Waals surface area contributed by atoms with E-state index < -0.39 is 16.8 Å². The van der Waals surface area contributed by atoms with Crippen molar-refractivity contribution in [3.8, 4) is 0 Å². The van der Waals surface area contributed by atoms with Gasteiger partial charge in [-0.1, -0.05) is 24.3 Å². The van der Waals surface area contributed by atoms with Gasteiger partial charge in [-0.2, -0.15) is 0 Å². The molecule has 23 heavy (non-hydrogen) atoms. The lowest BCUT2D eigenvalue weighted by atomic mass is 10.1. The fourth-order valence-corrected chi connectivity index (χ4v) is 2.29. The molecule has 2 rings (SSSR count). The van der Waals surface area contributed by atoms with Crippen molar-refractivity contribution in [2.75, 3.05) is 5.32 Å². The summed E-state index contributed by atoms with van der Waals surface area (Å²) in [6.07, 6.45) is 0. The van der Waals surface area contributed by atoms with Crippen molar-refractivity contribution in [1.29, 1.82) is 0 Å². The maximum atomic E-state index is 12.3. The molecule has 0 saturated heterocycles. The summed E-state index contributed by atoms with van der Waals surface area (Å²) >= 11 is 0. The first-order valence-corrected chi connectivity index (χ1v) is 6.68. The fraction of sp³-hybridized carbons (Fsp3) is 0.125. The molecular weight excluding hydrogens is 300 g/mol. The Morgan fingerprint density at radius 2 is 1.70 bits per heavy atom. The molecule has 7 heteroatoms. The van der Waals surface area contributed by atoms with Gasteiger partial charge in [-0.15, -0.1) is 0 Å². The number of carboxylic acid groups (broad SMARTS) is 1. The lowest BCUT2D eigenvalue weighted by Gasteiger charge is -2.13. The molecule has 1 amide bonds. The highest BCUT2D eigenvalue weighted by molar-refractivity contribution is 6.11. The summed E-state index contributed by atoms with van der Waals surface area (Å²) in [6, 6.07) is 8.54. The average molecular weight is 313 g/mol. The Kier molecular flexibility index (Phi) is 4.40. The number of nitrogens with zero attached hydrogens (tertiary/aromatic N) is 1. The number of anilines is 1. The molecule has 0 heterocycles. The third-order valence-corrected chi connectivity index (χ3v) is 3.29. The molecule has 0 bridgehead atoms. The molecule has 0 spiro atoms. The van der Waals surface area contributed by atoms with Crippen molar-refractivity contribution in [2.24, 2.45) is 0 Å². The summed E-state index contributed by atoms with van der Waals surface area (Å²) < 4.78 is 0. The number of benzene rings is 2. The Hall–Kier alpha value is -3.22. The number of nitrogens with one attached hydrogen (secondary N) is 1. The second-order valence-electron chi connectivity index (χ2n) is 5.02. The SMILES string of the molecule is Cc1cc(C)c(NC(=O)c2ccccc2C(=O)[O-])c([N+](=O)[O-])c1. The zero-order valence-electron chi connectivity index (χ0n) is 12.5. The molecule has 0 unspecified atom stereocenters. The van der Waals surface area contributed by atoms with Crippen LogP contribution in [0.4, 0.5) is 11.4 Å². The highest BCUT2D eigenvalue weighted by atomic mass is 16.6. The van der Waals surface area contributed by atoms with Gasteiger partial charge in [-0.25, -0.2) is 0 Å². The molecule has 0 aliphatic heterocycles. The Morgan fingerprint density at radius 1 is 1.09 bits per heavy atom. The van der Waals surface area contributed by atoms with Gasteiger partial charge in [0, 0.05) is 17.2 Å². The Bertz CT molecular complexity index is 814. The van der Waals surface area contributed by atoms with Gasteiger partial charge >= 0.3 is 0 Å². The average Bonchev–Trinajstić information content (AvgIpc) is 2.49. The lowest BCUT2D eigenvalue weighted by molar-refractivity contribution is -0.384. The zero-order chi connectivity index (χ0) is 17.1. The molecule has 2 aromatic carbocycles. The van der Waals surface area contributed by atoms with Crippen LogP contribution in [-0.2, 0) is 0 Å². The number of aromatic carboxylic acids is 1. The molecule has 0 saturated carbocycles. The van der Waals surface area contributed by atoms with E-state index >= 15 is 0 Å². The van der Waals surface area contributed by atoms with Crippen LogP contribution in [0.2, 0.25) is 0 Å². The van der Waals surface area contributed by atoms with Crippen LogP contribution in [0.5, 0.6) is 0 Å². The third-order valence-electron chi connectivity index (χ3n) is 3.29. The van der Waals surface area contributed by atoms with E-state index in [2.05, 4.69) is 5.32 Å². The first-order chi connectivity index (χ1) is 10.8. The number of nitro groups is 1. The van der Waals surface area contributed by atoms with Crippen molar-refractivity contribution in [3.63, 3.8) is 0 Å². The van der Waals surface area contributed by atoms with Crippen LogP contribution < -0.4 is 10.4 Å². The minimum Gasteiger partial charge on any atom is -0.545 e. The predicted molar refractivity (Wildman–Crippen MR) is 81.3 cm³/mol. The first-order valence-electron chi connectivity index (χ1n) is 6.68. The van der Waals surface area contributed by atoms with Crippen molar-refractivity contribution < 1.29 is 19.6 Å². The molecule has 2 aromatic rings. The van der Waals surface area contributed by atoms with E-state index in [4.69, 9.17) is 0 Å². The monoisotopic (exact) mass is 313 g/mol. The molecule has 7 nitrogen and oxygen atoms in total. The summed E-state index contributed by atoms with van der Waals surface area (Å²) in [5.41, 5.74) is 0.582. The van der Waals surface area contributed by atoms with Crippen molar-refractivity contribution in [2.45, 2.75) is 13.8 Å². The fourth-order valence-electron chi connectivity index (χ4n) is 2.29. The summed E-state index contributed by atoms with van der Waals surface area (Å²) in [4.78, 5) is 34.0. The van der Waals surface area contributed by atoms with Crippen molar-refractivity contribution in [3.05, 3.63) is 68.8 Å². The van der Waals surface area contributed by atoms with Gasteiger partial charge in [0.15, 0.2) is 0 Å². The van der Waals surface area contributed by atoms with Crippen molar-refractivity contribution in [1.82, 2.24) is 0 Å². The quantitative estimate of drug-likeness (QED) is 0.683. The molecular formula is C16H13N2O5-. The Morgan fingerprint density at radius 3 is 2.26 bits per heavy atom. The lowest BCUT2D eigenvalue weighted by Crippen LogP contribution is -2.26. The molecule has 0 aliphatic rings. The van der Waals surface area contributed by atoms with E-state index in [1.54, 1.807) is 19.9 Å². The largest absolute Gasteiger partial charge is 0.545 e. The second-order valence-corrected chi connectivity index (χ2v) is 5.02. The van der Waals surface area contributed by atoms with Crippen LogP contribution in [0.3, 0.4) is 0 Å². The van der Waals surface area contributed by atoms with Crippen LogP contribution in [0.15, 0.2) is 36.4 Å². The molecule has 0 radical (unpaired) electrons. The highest BCUT2D eigenvalue weighted by Crippen LogP contribution is 2.30. The standard InChI is InChI=1S/C16H14N2O5/c1-9-7-10(2)14(13(8-9)18(22)23)17-15(19)11-5-3-4-6-12(11)16(20)21/h3-8H,1-2H3,(H,17,19)(H,20,21)/p-1. The smallest absolute Gasteiger partial charge is 0.293 e. The molecule has 0 aliphatic carbocycles. The Labute approximate surface area is 131 Å². The minimum absolute atomic E-state index is 0.0405. The summed E-state index contributed by atoms with van der Waals surface area (Å²) in [6.45, 7) is 3.33. The summed E-state index contributed by atoms with van der Waals surface area (Å²) in [7, 11) is 0. The van der Waals surface area contributed by atoms with Gasteiger partial charge in [0.2, 0.25) is 0 Å². The van der Waals surface area contributed by atoms with E-state index in [9.17, 15) is 24.8 Å². The highest BCUT2D eigenvalue weighted by Gasteiger charge is 2.21. The number of amides is 1. The van der Waals surface area contributed by atoms with Crippen LogP contribution in [0, 0.1) is 24.0 Å². The van der Waals surface area contributed by atoms with Crippen molar-refractivity contribution >= 4 is 23.3 Å². The number of rotatable bonds is 4. The van der Waals surface area contributed by atoms with Gasteiger partial charge in [-0.05, 0) is 31.0 Å². The Balaban J connectivity index is 2.46. The minimum atomic E-state index is -1.49. The number of hydrogen-bond donors (Lipinski definition) is 1. The molecule has 0 fully saturated rings. The van der Waals surface area contributed by atoms with E-state index in [-0.39, 0.29) is 22.5 Å². The van der Waals surface area contributed by atoms with E-state index in [1.807, 2.05) is 0 Å². The molecule has 0 atom stereocenters. The number of hydrogen-bond acceptors (Lipinski definition) is 5. The number of carbonyl (C=O) groups is 2. The van der Waals surface area contributed by atoms with Gasteiger partial charge in [0.1, 0.15) is 5.69 Å². The third kappa shape index (κ3) is 3.34. The molecule has 0 aromatic heterocycles. The first kappa shape index (κ1) is 16.2. The second kappa shape index (κ2) is 6.27. The molecule has 1 N–H and O–H groups in total. The van der Waals surface area contributed by atoms with Crippen LogP contribution in [0.1, 0.15) is 31.8 Å². The van der Waals surface area contributed by atoms with Gasteiger partial charge in [0.25, 0.3) is 11.6 Å². The number of carbonyl (C=O) groups excluding carboxylic acids is 2.